The molecule has 0 radical (unpaired) electrons. The second-order valence-electron chi connectivity index (χ2n) is 10.6. The molecular weight excluding hydrogens is 568 g/mol. The highest BCUT2D eigenvalue weighted by Gasteiger charge is 2.70. The molecule has 7 N–H and O–H groups in total. The molecule has 3 heterocycles. The Balaban J connectivity index is 1.43. The maximum absolute atomic E-state index is 13.1. The number of aliphatic carboxylic acids is 1. The predicted octanol–water partition coefficient (Wildman–Crippen LogP) is -0.101. The average Bonchev–Trinajstić information content (AvgIpc) is 3.51. The van der Waals surface area contributed by atoms with Gasteiger partial charge in [-0.2, -0.15) is 0 Å². The SMILES string of the molecule is COc1ccc(-c2cc(=O)c3c(O)c(OC)c(O[C@@H]4O[C@H](C(=O)O)[C@]5(O)[C@@H]([C@H]6CNCN6)C=C[C@@]4(O)[C@@H]5O)cc3o2)cc1. The number of phenols is 1. The van der Waals surface area contributed by atoms with Crippen LogP contribution in [0.5, 0.6) is 23.0 Å². The number of aliphatic hydroxyl groups is 3. The van der Waals surface area contributed by atoms with Crippen molar-refractivity contribution in [3.8, 4) is 34.3 Å². The number of aromatic hydroxyl groups is 1. The van der Waals surface area contributed by atoms with Gasteiger partial charge in [-0.25, -0.2) is 4.79 Å². The molecule has 1 aromatic heterocycles. The summed E-state index contributed by atoms with van der Waals surface area (Å²) in [5.41, 5.74) is -5.08. The minimum Gasteiger partial charge on any atom is -0.504 e. The van der Waals surface area contributed by atoms with Crippen LogP contribution >= 0.6 is 0 Å². The molecule has 0 amide bonds. The maximum Gasteiger partial charge on any atom is 0.336 e. The van der Waals surface area contributed by atoms with Crippen LogP contribution in [-0.4, -0.2) is 94.7 Å². The van der Waals surface area contributed by atoms with Crippen molar-refractivity contribution in [1.29, 1.82) is 0 Å². The molecule has 3 aliphatic rings. The van der Waals surface area contributed by atoms with E-state index in [1.165, 1.54) is 38.5 Å². The van der Waals surface area contributed by atoms with Gasteiger partial charge in [-0.15, -0.1) is 0 Å². The van der Waals surface area contributed by atoms with Gasteiger partial charge in [-0.1, -0.05) is 6.08 Å². The van der Waals surface area contributed by atoms with Crippen LogP contribution in [0.4, 0.5) is 0 Å². The molecule has 0 saturated carbocycles. The van der Waals surface area contributed by atoms with Gasteiger partial charge in [0.05, 0.1) is 14.2 Å². The fourth-order valence-corrected chi connectivity index (χ4v) is 6.07. The zero-order valence-corrected chi connectivity index (χ0v) is 23.0. The number of carboxylic acid groups (broad SMARTS) is 1. The Kier molecular flexibility index (Phi) is 7.07. The van der Waals surface area contributed by atoms with Crippen molar-refractivity contribution >= 4 is 16.9 Å². The van der Waals surface area contributed by atoms with E-state index in [9.17, 15) is 35.1 Å². The topological polar surface area (TPSA) is 209 Å². The lowest BCUT2D eigenvalue weighted by molar-refractivity contribution is -0.342. The van der Waals surface area contributed by atoms with Crippen LogP contribution in [0.25, 0.3) is 22.3 Å². The summed E-state index contributed by atoms with van der Waals surface area (Å²) >= 11 is 0. The molecule has 3 aromatic rings. The molecule has 2 aliphatic heterocycles. The summed E-state index contributed by atoms with van der Waals surface area (Å²) in [5, 5.41) is 61.5. The molecule has 6 rings (SSSR count). The highest BCUT2D eigenvalue weighted by Crippen LogP contribution is 2.49. The summed E-state index contributed by atoms with van der Waals surface area (Å²) in [7, 11) is 2.71. The van der Waals surface area contributed by atoms with Gasteiger partial charge in [-0.3, -0.25) is 10.1 Å². The first-order chi connectivity index (χ1) is 20.5. The van der Waals surface area contributed by atoms with E-state index in [-0.39, 0.29) is 28.2 Å². The lowest BCUT2D eigenvalue weighted by Crippen LogP contribution is -2.79. The molecule has 2 bridgehead atoms. The fourth-order valence-electron chi connectivity index (χ4n) is 6.07. The number of phenolic OH excluding ortho intramolecular Hbond substituents is 1. The third-order valence-electron chi connectivity index (χ3n) is 8.27. The van der Waals surface area contributed by atoms with E-state index >= 15 is 0 Å². The van der Waals surface area contributed by atoms with Crippen LogP contribution in [-0.2, 0) is 9.53 Å². The highest BCUT2D eigenvalue weighted by atomic mass is 16.7. The molecule has 7 atom stereocenters. The number of rotatable bonds is 7. The highest BCUT2D eigenvalue weighted by molar-refractivity contribution is 5.89. The van der Waals surface area contributed by atoms with E-state index in [2.05, 4.69) is 10.6 Å². The van der Waals surface area contributed by atoms with Crippen LogP contribution < -0.4 is 30.3 Å². The van der Waals surface area contributed by atoms with Gasteiger partial charge >= 0.3 is 5.97 Å². The summed E-state index contributed by atoms with van der Waals surface area (Å²) in [5.74, 6) is -3.10. The number of hydrogen-bond donors (Lipinski definition) is 7. The number of aliphatic hydroxyl groups excluding tert-OH is 1. The summed E-state index contributed by atoms with van der Waals surface area (Å²) in [4.78, 5) is 25.4. The number of methoxy groups -OCH3 is 2. The van der Waals surface area contributed by atoms with Gasteiger partial charge in [-0.05, 0) is 30.3 Å². The number of carbonyl (C=O) groups is 1. The van der Waals surface area contributed by atoms with Crippen molar-refractivity contribution in [3.63, 3.8) is 0 Å². The number of benzene rings is 2. The third kappa shape index (κ3) is 4.42. The van der Waals surface area contributed by atoms with Gasteiger partial charge in [0.1, 0.15) is 34.2 Å². The minimum absolute atomic E-state index is 0.125. The fraction of sp³-hybridized carbons (Fsp3) is 0.379. The normalized spacial score (nSPS) is 31.6. The first kappa shape index (κ1) is 28.9. The monoisotopic (exact) mass is 598 g/mol. The molecule has 2 saturated heterocycles. The Morgan fingerprint density at radius 1 is 1.12 bits per heavy atom. The lowest BCUT2D eigenvalue weighted by Gasteiger charge is -2.56. The van der Waals surface area contributed by atoms with Crippen LogP contribution in [0.15, 0.2) is 57.8 Å². The van der Waals surface area contributed by atoms with Crippen LogP contribution in [0, 0.1) is 5.92 Å². The van der Waals surface area contributed by atoms with Crippen molar-refractivity contribution in [2.24, 2.45) is 5.92 Å². The largest absolute Gasteiger partial charge is 0.504 e. The summed E-state index contributed by atoms with van der Waals surface area (Å²) in [6.45, 7) is 0.767. The van der Waals surface area contributed by atoms with Crippen molar-refractivity contribution in [2.45, 2.75) is 35.7 Å². The van der Waals surface area contributed by atoms with E-state index in [4.69, 9.17) is 23.4 Å². The molecule has 0 spiro atoms. The van der Waals surface area contributed by atoms with E-state index in [0.29, 0.717) is 24.5 Å². The van der Waals surface area contributed by atoms with Crippen LogP contribution in [0.1, 0.15) is 0 Å². The Labute approximate surface area is 243 Å². The predicted molar refractivity (Wildman–Crippen MR) is 148 cm³/mol. The minimum atomic E-state index is -2.45. The van der Waals surface area contributed by atoms with Crippen LogP contribution in [0.3, 0.4) is 0 Å². The Morgan fingerprint density at radius 2 is 1.86 bits per heavy atom. The van der Waals surface area contributed by atoms with E-state index in [0.717, 1.165) is 0 Å². The Morgan fingerprint density at radius 3 is 2.49 bits per heavy atom. The van der Waals surface area contributed by atoms with E-state index in [1.807, 2.05) is 0 Å². The second-order valence-corrected chi connectivity index (χ2v) is 10.6. The van der Waals surface area contributed by atoms with Crippen molar-refractivity contribution < 1.29 is 53.7 Å². The van der Waals surface area contributed by atoms with Crippen molar-refractivity contribution in [2.75, 3.05) is 27.4 Å². The molecule has 1 aliphatic carbocycles. The third-order valence-corrected chi connectivity index (χ3v) is 8.27. The van der Waals surface area contributed by atoms with Crippen LogP contribution in [0.2, 0.25) is 0 Å². The molecule has 14 nitrogen and oxygen atoms in total. The second kappa shape index (κ2) is 10.5. The number of carboxylic acids is 1. The maximum atomic E-state index is 13.1. The van der Waals surface area contributed by atoms with Crippen molar-refractivity contribution in [3.05, 3.63) is 58.8 Å². The number of nitrogens with one attached hydrogen (secondary N) is 2. The summed E-state index contributed by atoms with van der Waals surface area (Å²) in [6.07, 6.45) is -3.42. The zero-order valence-electron chi connectivity index (χ0n) is 23.0. The molecule has 0 unspecified atom stereocenters. The molecule has 14 heteroatoms. The van der Waals surface area contributed by atoms with Crippen molar-refractivity contribution in [1.82, 2.24) is 10.6 Å². The smallest absolute Gasteiger partial charge is 0.336 e. The lowest BCUT2D eigenvalue weighted by atomic mass is 9.63. The number of ether oxygens (including phenoxy) is 4. The Bertz CT molecular complexity index is 1650. The number of fused-ring (bicyclic) bond motifs is 3. The van der Waals surface area contributed by atoms with Gasteiger partial charge in [0, 0.05) is 42.9 Å². The molecule has 43 heavy (non-hydrogen) atoms. The Hall–Kier alpha value is -4.18. The first-order valence-electron chi connectivity index (χ1n) is 13.4. The molecular formula is C29H30N2O12. The van der Waals surface area contributed by atoms with Gasteiger partial charge in [0.25, 0.3) is 0 Å². The summed E-state index contributed by atoms with van der Waals surface area (Å²) in [6, 6.07) is 8.63. The molecule has 228 valence electrons. The van der Waals surface area contributed by atoms with Gasteiger partial charge < -0.3 is 54.2 Å². The van der Waals surface area contributed by atoms with E-state index < -0.39 is 58.8 Å². The van der Waals surface area contributed by atoms with E-state index in [1.54, 1.807) is 24.3 Å². The quantitative estimate of drug-likeness (QED) is 0.177. The molecule has 2 fully saturated rings. The zero-order chi connectivity index (χ0) is 30.7. The average molecular weight is 599 g/mol. The van der Waals surface area contributed by atoms with Gasteiger partial charge in [0.2, 0.25) is 12.0 Å². The number of hydrogen-bond acceptors (Lipinski definition) is 13. The summed E-state index contributed by atoms with van der Waals surface area (Å²) < 4.78 is 27.9. The van der Waals surface area contributed by atoms with Gasteiger partial charge in [0.15, 0.2) is 28.6 Å². The molecule has 2 aromatic carbocycles. The standard InChI is InChI=1S/C29H30N2O12/c1-39-14-5-3-13(4-6-14)18-9-17(32)21-19(41-18)10-20(23(40-2)22(21)33)42-27-28(37)8-7-15(16-11-30-12-31-16)29(38,26(28)36)24(43-27)25(34)35/h3-10,15-16,24,26-27,30-31,33,36-38H,11-12H2,1-2H3,(H,34,35)/t15-,16-,24-,26+,27-,28-,29-/m1/s1. The first-order valence-corrected chi connectivity index (χ1v) is 13.4.